The van der Waals surface area contributed by atoms with E-state index in [-0.39, 0.29) is 11.6 Å². The van der Waals surface area contributed by atoms with Crippen LogP contribution in [0.25, 0.3) is 0 Å². The number of anilines is 3. The lowest BCUT2D eigenvalue weighted by atomic mass is 10.2. The van der Waals surface area contributed by atoms with Gasteiger partial charge >= 0.3 is 0 Å². The van der Waals surface area contributed by atoms with Crippen molar-refractivity contribution >= 4 is 27.1 Å². The van der Waals surface area contributed by atoms with E-state index in [1.807, 2.05) is 30.3 Å². The van der Waals surface area contributed by atoms with Crippen molar-refractivity contribution in [1.82, 2.24) is 0 Å². The summed E-state index contributed by atoms with van der Waals surface area (Å²) in [6.45, 7) is 0. The number of aryl methyl sites for hydroxylation is 1. The summed E-state index contributed by atoms with van der Waals surface area (Å²) in [5.74, 6) is -0.275. The molecule has 0 saturated carbocycles. The number of hydrogen-bond donors (Lipinski definition) is 2. The quantitative estimate of drug-likeness (QED) is 0.641. The summed E-state index contributed by atoms with van der Waals surface area (Å²) in [7, 11) is -3.42. The number of halogens is 1. The fourth-order valence-electron chi connectivity index (χ4n) is 2.45. The monoisotopic (exact) mass is 370 g/mol. The summed E-state index contributed by atoms with van der Waals surface area (Å²) in [6.07, 6.45) is 0.459. The lowest BCUT2D eigenvalue weighted by Crippen LogP contribution is -2.18. The molecule has 0 heterocycles. The van der Waals surface area contributed by atoms with E-state index in [0.29, 0.717) is 12.1 Å². The van der Waals surface area contributed by atoms with E-state index in [1.54, 1.807) is 36.4 Å². The van der Waals surface area contributed by atoms with Gasteiger partial charge in [-0.15, -0.1) is 0 Å². The first-order valence-electron chi connectivity index (χ1n) is 8.17. The lowest BCUT2D eigenvalue weighted by Gasteiger charge is -2.10. The van der Waals surface area contributed by atoms with Gasteiger partial charge in [0.25, 0.3) is 0 Å². The van der Waals surface area contributed by atoms with Crippen LogP contribution in [0, 0.1) is 5.82 Å². The number of benzene rings is 3. The highest BCUT2D eigenvalue weighted by Gasteiger charge is 2.10. The average Bonchev–Trinajstić information content (AvgIpc) is 2.64. The molecule has 0 aliphatic carbocycles. The zero-order chi connectivity index (χ0) is 18.4. The first kappa shape index (κ1) is 17.9. The Hall–Kier alpha value is -2.86. The first-order chi connectivity index (χ1) is 12.5. The van der Waals surface area contributed by atoms with E-state index < -0.39 is 10.0 Å². The second-order valence-electron chi connectivity index (χ2n) is 5.87. The Morgan fingerprint density at radius 1 is 0.731 bits per heavy atom. The minimum absolute atomic E-state index is 0.0204. The topological polar surface area (TPSA) is 58.2 Å². The smallest absolute Gasteiger partial charge is 0.233 e. The van der Waals surface area contributed by atoms with Crippen molar-refractivity contribution in [1.29, 1.82) is 0 Å². The average molecular weight is 370 g/mol. The highest BCUT2D eigenvalue weighted by atomic mass is 32.2. The highest BCUT2D eigenvalue weighted by molar-refractivity contribution is 7.92. The summed E-state index contributed by atoms with van der Waals surface area (Å²) in [5, 5.41) is 3.12. The summed E-state index contributed by atoms with van der Waals surface area (Å²) >= 11 is 0. The van der Waals surface area contributed by atoms with Crippen molar-refractivity contribution in [3.8, 4) is 0 Å². The molecule has 0 unspecified atom stereocenters. The van der Waals surface area contributed by atoms with Gasteiger partial charge in [0.15, 0.2) is 0 Å². The van der Waals surface area contributed by atoms with Gasteiger partial charge in [-0.25, -0.2) is 12.8 Å². The zero-order valence-corrected chi connectivity index (χ0v) is 14.8. The summed E-state index contributed by atoms with van der Waals surface area (Å²) < 4.78 is 39.9. The number of nitrogens with one attached hydrogen (secondary N) is 2. The minimum atomic E-state index is -3.42. The third-order valence-corrected chi connectivity index (χ3v) is 5.08. The molecule has 0 bridgehead atoms. The molecule has 134 valence electrons. The van der Waals surface area contributed by atoms with Crippen LogP contribution in [0.2, 0.25) is 0 Å². The Morgan fingerprint density at radius 3 is 1.88 bits per heavy atom. The summed E-state index contributed by atoms with van der Waals surface area (Å²) in [6, 6.07) is 22.4. The Bertz CT molecular complexity index is 941. The fourth-order valence-corrected chi connectivity index (χ4v) is 3.55. The van der Waals surface area contributed by atoms with E-state index in [0.717, 1.165) is 16.9 Å². The second kappa shape index (κ2) is 8.01. The van der Waals surface area contributed by atoms with Gasteiger partial charge in [0.1, 0.15) is 5.82 Å². The Morgan fingerprint density at radius 2 is 1.27 bits per heavy atom. The van der Waals surface area contributed by atoms with Crippen LogP contribution >= 0.6 is 0 Å². The zero-order valence-electron chi connectivity index (χ0n) is 14.0. The van der Waals surface area contributed by atoms with E-state index >= 15 is 0 Å². The van der Waals surface area contributed by atoms with E-state index in [1.165, 1.54) is 12.1 Å². The van der Waals surface area contributed by atoms with Gasteiger partial charge in [0, 0.05) is 17.1 Å². The molecule has 3 aromatic rings. The molecule has 26 heavy (non-hydrogen) atoms. The summed E-state index contributed by atoms with van der Waals surface area (Å²) in [4.78, 5) is 0. The lowest BCUT2D eigenvalue weighted by molar-refractivity contribution is 0.600. The number of sulfonamides is 1. The molecule has 0 saturated heterocycles. The first-order valence-corrected chi connectivity index (χ1v) is 9.82. The predicted molar refractivity (Wildman–Crippen MR) is 104 cm³/mol. The van der Waals surface area contributed by atoms with Crippen LogP contribution in [-0.2, 0) is 16.4 Å². The van der Waals surface area contributed by atoms with Crippen LogP contribution in [-0.4, -0.2) is 14.2 Å². The van der Waals surface area contributed by atoms with Crippen LogP contribution in [0.5, 0.6) is 0 Å². The van der Waals surface area contributed by atoms with Gasteiger partial charge in [0.2, 0.25) is 10.0 Å². The molecule has 3 aromatic carbocycles. The third-order valence-electron chi connectivity index (χ3n) is 3.79. The molecule has 0 aromatic heterocycles. The largest absolute Gasteiger partial charge is 0.356 e. The van der Waals surface area contributed by atoms with E-state index in [4.69, 9.17) is 0 Å². The standard InChI is InChI=1S/C20H19FN2O2S/c21-17-6-8-18(9-7-17)22-19-10-12-20(13-11-19)23-26(24,25)15-14-16-4-2-1-3-5-16/h1-13,22-23H,14-15H2. The molecule has 0 atom stereocenters. The van der Waals surface area contributed by atoms with Crippen molar-refractivity contribution in [3.05, 3.63) is 90.2 Å². The van der Waals surface area contributed by atoms with Crippen molar-refractivity contribution < 1.29 is 12.8 Å². The molecule has 2 N–H and O–H groups in total. The van der Waals surface area contributed by atoms with Gasteiger partial charge in [-0.05, 0) is 60.5 Å². The summed E-state index contributed by atoms with van der Waals surface area (Å²) in [5.41, 5.74) is 3.02. The molecule has 6 heteroatoms. The fraction of sp³-hybridized carbons (Fsp3) is 0.100. The van der Waals surface area contributed by atoms with Gasteiger partial charge in [0.05, 0.1) is 5.75 Å². The van der Waals surface area contributed by atoms with Crippen molar-refractivity contribution in [2.75, 3.05) is 15.8 Å². The van der Waals surface area contributed by atoms with Gasteiger partial charge in [-0.2, -0.15) is 0 Å². The van der Waals surface area contributed by atoms with Crippen LogP contribution in [0.4, 0.5) is 21.5 Å². The maximum Gasteiger partial charge on any atom is 0.233 e. The number of hydrogen-bond acceptors (Lipinski definition) is 3. The molecular formula is C20H19FN2O2S. The van der Waals surface area contributed by atoms with E-state index in [2.05, 4.69) is 10.0 Å². The highest BCUT2D eigenvalue weighted by Crippen LogP contribution is 2.20. The van der Waals surface area contributed by atoms with Gasteiger partial charge in [-0.1, -0.05) is 30.3 Å². The maximum absolute atomic E-state index is 12.9. The van der Waals surface area contributed by atoms with Crippen molar-refractivity contribution in [2.45, 2.75) is 6.42 Å². The SMILES string of the molecule is O=S(=O)(CCc1ccccc1)Nc1ccc(Nc2ccc(F)cc2)cc1. The van der Waals surface area contributed by atoms with Crippen molar-refractivity contribution in [2.24, 2.45) is 0 Å². The Balaban J connectivity index is 1.58. The second-order valence-corrected chi connectivity index (χ2v) is 7.71. The predicted octanol–water partition coefficient (Wildman–Crippen LogP) is 4.55. The maximum atomic E-state index is 12.9. The van der Waals surface area contributed by atoms with Crippen LogP contribution < -0.4 is 10.0 Å². The molecule has 0 aliphatic rings. The van der Waals surface area contributed by atoms with E-state index in [9.17, 15) is 12.8 Å². The van der Waals surface area contributed by atoms with Crippen molar-refractivity contribution in [3.63, 3.8) is 0 Å². The molecule has 0 spiro atoms. The Labute approximate surface area is 152 Å². The molecule has 4 nitrogen and oxygen atoms in total. The van der Waals surface area contributed by atoms with Crippen LogP contribution in [0.3, 0.4) is 0 Å². The third kappa shape index (κ3) is 5.32. The normalized spacial score (nSPS) is 11.1. The molecule has 0 fully saturated rings. The Kier molecular flexibility index (Phi) is 5.53. The number of rotatable bonds is 7. The molecule has 3 rings (SSSR count). The van der Waals surface area contributed by atoms with Gasteiger partial charge in [-0.3, -0.25) is 4.72 Å². The molecular weight excluding hydrogens is 351 g/mol. The molecule has 0 radical (unpaired) electrons. The molecule has 0 amide bonds. The van der Waals surface area contributed by atoms with Crippen LogP contribution in [0.15, 0.2) is 78.9 Å². The molecule has 0 aliphatic heterocycles. The van der Waals surface area contributed by atoms with Crippen LogP contribution in [0.1, 0.15) is 5.56 Å². The minimum Gasteiger partial charge on any atom is -0.356 e. The van der Waals surface area contributed by atoms with Gasteiger partial charge < -0.3 is 5.32 Å².